The van der Waals surface area contributed by atoms with Crippen LogP contribution in [0.1, 0.15) is 0 Å². The molecule has 0 bridgehead atoms. The van der Waals surface area contributed by atoms with Crippen molar-refractivity contribution in [3.63, 3.8) is 0 Å². The van der Waals surface area contributed by atoms with E-state index in [1.54, 1.807) is 6.07 Å². The molecule has 1 aromatic carbocycles. The molecule has 6 heteroatoms. The Morgan fingerprint density at radius 3 is 2.47 bits per heavy atom. The monoisotopic (exact) mass is 258 g/mol. The summed E-state index contributed by atoms with van der Waals surface area (Å²) in [6.07, 6.45) is 1.15. The summed E-state index contributed by atoms with van der Waals surface area (Å²) in [5.41, 5.74) is 6.07. The first-order chi connectivity index (χ1) is 7.80. The van der Waals surface area contributed by atoms with E-state index in [1.807, 2.05) is 19.0 Å². The van der Waals surface area contributed by atoms with Crippen LogP contribution in [-0.4, -0.2) is 46.8 Å². The zero-order valence-electron chi connectivity index (χ0n) is 10.3. The number of hydrogen-bond acceptors (Lipinski definition) is 5. The predicted octanol–water partition coefficient (Wildman–Crippen LogP) is 0.613. The quantitative estimate of drug-likeness (QED) is 0.784. The van der Waals surface area contributed by atoms with E-state index in [-0.39, 0.29) is 4.90 Å². The Morgan fingerprint density at radius 1 is 1.35 bits per heavy atom. The first-order valence-corrected chi connectivity index (χ1v) is 7.07. The highest BCUT2D eigenvalue weighted by Crippen LogP contribution is 2.24. The zero-order chi connectivity index (χ0) is 13.1. The Labute approximate surface area is 102 Å². The molecule has 0 spiro atoms. The second-order valence-electron chi connectivity index (χ2n) is 4.12. The van der Waals surface area contributed by atoms with E-state index in [4.69, 9.17) is 10.5 Å². The molecule has 1 aromatic rings. The fraction of sp³-hybridized carbons (Fsp3) is 0.455. The fourth-order valence-corrected chi connectivity index (χ4v) is 1.88. The Balaban J connectivity index is 2.77. The van der Waals surface area contributed by atoms with Crippen LogP contribution >= 0.6 is 0 Å². The zero-order valence-corrected chi connectivity index (χ0v) is 11.1. The van der Waals surface area contributed by atoms with E-state index < -0.39 is 9.84 Å². The van der Waals surface area contributed by atoms with Gasteiger partial charge >= 0.3 is 0 Å². The third kappa shape index (κ3) is 4.24. The van der Waals surface area contributed by atoms with E-state index in [2.05, 4.69) is 0 Å². The fourth-order valence-electron chi connectivity index (χ4n) is 1.23. The molecule has 2 N–H and O–H groups in total. The predicted molar refractivity (Wildman–Crippen MR) is 68.0 cm³/mol. The molecule has 0 atom stereocenters. The molecule has 0 aliphatic rings. The number of anilines is 1. The molecular weight excluding hydrogens is 240 g/mol. The first kappa shape index (κ1) is 13.8. The normalized spacial score (nSPS) is 11.8. The lowest BCUT2D eigenvalue weighted by Gasteiger charge is -2.12. The van der Waals surface area contributed by atoms with Crippen LogP contribution in [0.15, 0.2) is 23.1 Å². The summed E-state index contributed by atoms with van der Waals surface area (Å²) in [6.45, 7) is 1.28. The van der Waals surface area contributed by atoms with Crippen molar-refractivity contribution in [2.24, 2.45) is 0 Å². The molecule has 1 rings (SSSR count). The molecule has 0 saturated heterocycles. The van der Waals surface area contributed by atoms with Crippen molar-refractivity contribution in [2.45, 2.75) is 4.90 Å². The second-order valence-corrected chi connectivity index (χ2v) is 6.14. The van der Waals surface area contributed by atoms with Crippen molar-refractivity contribution in [3.05, 3.63) is 18.2 Å². The van der Waals surface area contributed by atoms with Gasteiger partial charge in [-0.05, 0) is 32.3 Å². The smallest absolute Gasteiger partial charge is 0.175 e. The van der Waals surface area contributed by atoms with Crippen molar-refractivity contribution >= 4 is 15.5 Å². The SMILES string of the molecule is CN(C)CCOc1ccc(S(C)(=O)=O)cc1N. The maximum Gasteiger partial charge on any atom is 0.175 e. The third-order valence-electron chi connectivity index (χ3n) is 2.21. The van der Waals surface area contributed by atoms with Crippen LogP contribution in [0.2, 0.25) is 0 Å². The van der Waals surface area contributed by atoms with Gasteiger partial charge in [-0.3, -0.25) is 0 Å². The maximum absolute atomic E-state index is 11.3. The maximum atomic E-state index is 11.3. The minimum atomic E-state index is -3.22. The largest absolute Gasteiger partial charge is 0.490 e. The second kappa shape index (κ2) is 5.37. The van der Waals surface area contributed by atoms with Gasteiger partial charge in [0.05, 0.1) is 10.6 Å². The van der Waals surface area contributed by atoms with E-state index in [9.17, 15) is 8.42 Å². The van der Waals surface area contributed by atoms with Crippen LogP contribution in [0.4, 0.5) is 5.69 Å². The number of sulfone groups is 1. The molecule has 96 valence electrons. The van der Waals surface area contributed by atoms with E-state index in [0.29, 0.717) is 18.0 Å². The summed E-state index contributed by atoms with van der Waals surface area (Å²) in [5.74, 6) is 0.513. The molecule has 0 fully saturated rings. The molecule has 0 amide bonds. The van der Waals surface area contributed by atoms with Crippen LogP contribution in [0, 0.1) is 0 Å². The molecule has 0 unspecified atom stereocenters. The van der Waals surface area contributed by atoms with Gasteiger partial charge in [0.1, 0.15) is 12.4 Å². The molecule has 17 heavy (non-hydrogen) atoms. The highest BCUT2D eigenvalue weighted by Gasteiger charge is 2.09. The summed E-state index contributed by atoms with van der Waals surface area (Å²) in [6, 6.07) is 4.50. The summed E-state index contributed by atoms with van der Waals surface area (Å²) >= 11 is 0. The van der Waals surface area contributed by atoms with Crippen LogP contribution in [0.5, 0.6) is 5.75 Å². The van der Waals surface area contributed by atoms with Crippen LogP contribution < -0.4 is 10.5 Å². The number of nitrogens with zero attached hydrogens (tertiary/aromatic N) is 1. The van der Waals surface area contributed by atoms with Crippen molar-refractivity contribution in [2.75, 3.05) is 39.2 Å². The van der Waals surface area contributed by atoms with E-state index in [0.717, 1.165) is 12.8 Å². The number of nitrogen functional groups attached to an aromatic ring is 1. The third-order valence-corrected chi connectivity index (χ3v) is 3.32. The van der Waals surface area contributed by atoms with Crippen molar-refractivity contribution in [3.8, 4) is 5.75 Å². The minimum absolute atomic E-state index is 0.204. The summed E-state index contributed by atoms with van der Waals surface area (Å²) in [7, 11) is 0.668. The van der Waals surface area contributed by atoms with Crippen molar-refractivity contribution < 1.29 is 13.2 Å². The average Bonchev–Trinajstić information content (AvgIpc) is 2.18. The molecular formula is C11H18N2O3S. The molecule has 0 aliphatic carbocycles. The van der Waals surface area contributed by atoms with Crippen molar-refractivity contribution in [1.82, 2.24) is 4.90 Å². The van der Waals surface area contributed by atoms with Gasteiger partial charge < -0.3 is 15.4 Å². The number of likely N-dealkylation sites (N-methyl/N-ethyl adjacent to an activating group) is 1. The summed E-state index contributed by atoms with van der Waals surface area (Å²) < 4.78 is 28.0. The standard InChI is InChI=1S/C11H18N2O3S/c1-13(2)6-7-16-11-5-4-9(8-10(11)12)17(3,14)15/h4-5,8H,6-7,12H2,1-3H3. The number of rotatable bonds is 5. The highest BCUT2D eigenvalue weighted by molar-refractivity contribution is 7.90. The van der Waals surface area contributed by atoms with Crippen molar-refractivity contribution in [1.29, 1.82) is 0 Å². The summed E-state index contributed by atoms with van der Waals surface area (Å²) in [4.78, 5) is 2.19. The van der Waals surface area contributed by atoms with E-state index >= 15 is 0 Å². The van der Waals surface area contributed by atoms with Gasteiger partial charge in [-0.2, -0.15) is 0 Å². The van der Waals surface area contributed by atoms with E-state index in [1.165, 1.54) is 12.1 Å². The van der Waals surface area contributed by atoms with Gasteiger partial charge in [0, 0.05) is 12.8 Å². The Morgan fingerprint density at radius 2 is 2.00 bits per heavy atom. The van der Waals surface area contributed by atoms with Crippen LogP contribution in [-0.2, 0) is 9.84 Å². The Bertz CT molecular complexity index is 483. The lowest BCUT2D eigenvalue weighted by atomic mass is 10.3. The van der Waals surface area contributed by atoms with Gasteiger partial charge in [-0.15, -0.1) is 0 Å². The van der Waals surface area contributed by atoms with Gasteiger partial charge in [-0.25, -0.2) is 8.42 Å². The number of nitrogens with two attached hydrogens (primary N) is 1. The molecule has 0 heterocycles. The molecule has 0 saturated carbocycles. The average molecular weight is 258 g/mol. The lowest BCUT2D eigenvalue weighted by molar-refractivity contribution is 0.262. The lowest BCUT2D eigenvalue weighted by Crippen LogP contribution is -2.19. The topological polar surface area (TPSA) is 72.6 Å². The van der Waals surface area contributed by atoms with Crippen LogP contribution in [0.3, 0.4) is 0 Å². The molecule has 5 nitrogen and oxygen atoms in total. The van der Waals surface area contributed by atoms with Gasteiger partial charge in [0.25, 0.3) is 0 Å². The molecule has 0 aromatic heterocycles. The van der Waals surface area contributed by atoms with Gasteiger partial charge in [0.15, 0.2) is 9.84 Å². The highest BCUT2D eigenvalue weighted by atomic mass is 32.2. The summed E-state index contributed by atoms with van der Waals surface area (Å²) in [5, 5.41) is 0. The molecule has 0 radical (unpaired) electrons. The molecule has 0 aliphatic heterocycles. The number of ether oxygens (including phenoxy) is 1. The van der Waals surface area contributed by atoms with Gasteiger partial charge in [0.2, 0.25) is 0 Å². The number of benzene rings is 1. The number of hydrogen-bond donors (Lipinski definition) is 1. The minimum Gasteiger partial charge on any atom is -0.490 e. The Hall–Kier alpha value is -1.27. The van der Waals surface area contributed by atoms with Gasteiger partial charge in [-0.1, -0.05) is 0 Å². The van der Waals surface area contributed by atoms with Crippen LogP contribution in [0.25, 0.3) is 0 Å². The Kier molecular flexibility index (Phi) is 4.36. The first-order valence-electron chi connectivity index (χ1n) is 5.18.